The van der Waals surface area contributed by atoms with Crippen molar-refractivity contribution >= 4 is 17.6 Å². The van der Waals surface area contributed by atoms with Gasteiger partial charge in [-0.1, -0.05) is 24.3 Å². The van der Waals surface area contributed by atoms with Crippen molar-refractivity contribution in [3.05, 3.63) is 66.0 Å². The number of methoxy groups -OCH3 is 1. The highest BCUT2D eigenvalue weighted by molar-refractivity contribution is 5.96. The van der Waals surface area contributed by atoms with Crippen LogP contribution in [0.5, 0.6) is 5.75 Å². The number of aryl methyl sites for hydroxylation is 1. The summed E-state index contributed by atoms with van der Waals surface area (Å²) in [4.78, 5) is 27.9. The van der Waals surface area contributed by atoms with Gasteiger partial charge in [0.15, 0.2) is 0 Å². The average molecular weight is 612 g/mol. The SMILES string of the molecule is COc1ccc(C23CCC(CN(C(=O)C4CCC(CC(=O)O)CC4)c4cccc(-c5cnn(C(C)C)c5)c4)(CC2)CC3)cc1C. The molecule has 0 atom stereocenters. The zero-order valence-electron chi connectivity index (χ0n) is 27.4. The largest absolute Gasteiger partial charge is 0.496 e. The third-order valence-electron chi connectivity index (χ3n) is 11.4. The predicted octanol–water partition coefficient (Wildman–Crippen LogP) is 8.35. The summed E-state index contributed by atoms with van der Waals surface area (Å²) in [7, 11) is 1.74. The Hall–Kier alpha value is -3.61. The summed E-state index contributed by atoms with van der Waals surface area (Å²) < 4.78 is 7.51. The molecule has 1 amide bonds. The van der Waals surface area contributed by atoms with Crippen molar-refractivity contribution in [3.63, 3.8) is 0 Å². The molecule has 1 aromatic heterocycles. The lowest BCUT2D eigenvalue weighted by molar-refractivity contribution is -0.138. The van der Waals surface area contributed by atoms with E-state index in [1.54, 1.807) is 7.11 Å². The molecule has 1 N–H and O–H groups in total. The molecule has 7 rings (SSSR count). The zero-order valence-corrected chi connectivity index (χ0v) is 27.4. The van der Waals surface area contributed by atoms with Crippen molar-refractivity contribution in [1.82, 2.24) is 9.78 Å². The number of anilines is 1. The molecule has 4 aliphatic carbocycles. The average Bonchev–Trinajstić information content (AvgIpc) is 3.56. The fourth-order valence-corrected chi connectivity index (χ4v) is 8.48. The number of carboxylic acid groups (broad SMARTS) is 1. The molecule has 7 heteroatoms. The Morgan fingerprint density at radius 1 is 1.00 bits per heavy atom. The first-order chi connectivity index (χ1) is 21.6. The zero-order chi connectivity index (χ0) is 31.8. The van der Waals surface area contributed by atoms with Gasteiger partial charge in [0, 0.05) is 42.4 Å². The molecular weight excluding hydrogens is 562 g/mol. The van der Waals surface area contributed by atoms with E-state index in [1.807, 2.05) is 10.9 Å². The molecule has 240 valence electrons. The molecule has 0 radical (unpaired) electrons. The number of carboxylic acids is 1. The van der Waals surface area contributed by atoms with E-state index in [0.29, 0.717) is 0 Å². The van der Waals surface area contributed by atoms with Crippen LogP contribution in [0.3, 0.4) is 0 Å². The maximum Gasteiger partial charge on any atom is 0.303 e. The molecule has 4 saturated carbocycles. The van der Waals surface area contributed by atoms with Crippen LogP contribution in [0.25, 0.3) is 11.1 Å². The molecule has 0 spiro atoms. The first-order valence-electron chi connectivity index (χ1n) is 16.9. The van der Waals surface area contributed by atoms with E-state index in [-0.39, 0.29) is 41.0 Å². The fourth-order valence-electron chi connectivity index (χ4n) is 8.48. The Balaban J connectivity index is 1.25. The Morgan fingerprint density at radius 3 is 2.31 bits per heavy atom. The van der Waals surface area contributed by atoms with Gasteiger partial charge < -0.3 is 14.7 Å². The number of hydrogen-bond donors (Lipinski definition) is 1. The molecule has 0 aliphatic heterocycles. The first kappa shape index (κ1) is 31.4. The molecule has 3 aromatic rings. The molecule has 4 aliphatic rings. The number of carbonyl (C=O) groups is 2. The van der Waals surface area contributed by atoms with Crippen molar-refractivity contribution < 1.29 is 19.4 Å². The number of ether oxygens (including phenoxy) is 1. The number of amides is 1. The van der Waals surface area contributed by atoms with Crippen molar-refractivity contribution in [1.29, 1.82) is 0 Å². The van der Waals surface area contributed by atoms with E-state index in [1.165, 1.54) is 11.1 Å². The van der Waals surface area contributed by atoms with E-state index in [0.717, 1.165) is 93.3 Å². The van der Waals surface area contributed by atoms with Crippen molar-refractivity contribution in [3.8, 4) is 16.9 Å². The number of rotatable bonds is 10. The Labute approximate surface area is 268 Å². The second-order valence-corrected chi connectivity index (χ2v) is 14.6. The highest BCUT2D eigenvalue weighted by atomic mass is 16.5. The molecule has 2 aromatic carbocycles. The normalized spacial score (nSPS) is 26.2. The molecule has 7 nitrogen and oxygen atoms in total. The van der Waals surface area contributed by atoms with Gasteiger partial charge in [-0.25, -0.2) is 0 Å². The first-order valence-corrected chi connectivity index (χ1v) is 16.9. The third-order valence-corrected chi connectivity index (χ3v) is 11.4. The number of fused-ring (bicyclic) bond motifs is 3. The number of nitrogens with zero attached hydrogens (tertiary/aromatic N) is 3. The smallest absolute Gasteiger partial charge is 0.303 e. The number of aliphatic carboxylic acids is 1. The number of carbonyl (C=O) groups excluding carboxylic acids is 1. The molecule has 0 saturated heterocycles. The highest BCUT2D eigenvalue weighted by Crippen LogP contribution is 2.58. The van der Waals surface area contributed by atoms with Gasteiger partial charge in [-0.3, -0.25) is 14.3 Å². The van der Waals surface area contributed by atoms with Crippen LogP contribution in [0.1, 0.15) is 102 Å². The van der Waals surface area contributed by atoms with Crippen LogP contribution in [0.2, 0.25) is 0 Å². The van der Waals surface area contributed by atoms with E-state index in [9.17, 15) is 14.7 Å². The second-order valence-electron chi connectivity index (χ2n) is 14.6. The van der Waals surface area contributed by atoms with Gasteiger partial charge in [-0.05, 0) is 137 Å². The Morgan fingerprint density at radius 2 is 1.71 bits per heavy atom. The number of hydrogen-bond acceptors (Lipinski definition) is 4. The second kappa shape index (κ2) is 12.6. The minimum atomic E-state index is -0.737. The lowest BCUT2D eigenvalue weighted by atomic mass is 9.51. The number of aromatic nitrogens is 2. The number of benzene rings is 2. The fraction of sp³-hybridized carbons (Fsp3) is 0.553. The van der Waals surface area contributed by atoms with Crippen LogP contribution in [-0.2, 0) is 15.0 Å². The summed E-state index contributed by atoms with van der Waals surface area (Å²) in [5.41, 5.74) is 6.05. The van der Waals surface area contributed by atoms with Crippen LogP contribution in [-0.4, -0.2) is 40.4 Å². The summed E-state index contributed by atoms with van der Waals surface area (Å²) >= 11 is 0. The van der Waals surface area contributed by atoms with Crippen molar-refractivity contribution in [2.24, 2.45) is 17.3 Å². The van der Waals surface area contributed by atoms with Gasteiger partial charge in [0.05, 0.1) is 13.3 Å². The van der Waals surface area contributed by atoms with Crippen molar-refractivity contribution in [2.45, 2.75) is 103 Å². The molecule has 1 heterocycles. The van der Waals surface area contributed by atoms with Gasteiger partial charge in [0.25, 0.3) is 0 Å². The van der Waals surface area contributed by atoms with Gasteiger partial charge in [-0.2, -0.15) is 5.10 Å². The molecule has 45 heavy (non-hydrogen) atoms. The van der Waals surface area contributed by atoms with Crippen LogP contribution in [0, 0.1) is 24.2 Å². The minimum Gasteiger partial charge on any atom is -0.496 e. The van der Waals surface area contributed by atoms with E-state index in [4.69, 9.17) is 4.74 Å². The van der Waals surface area contributed by atoms with Crippen LogP contribution in [0.15, 0.2) is 54.9 Å². The van der Waals surface area contributed by atoms with Gasteiger partial charge in [-0.15, -0.1) is 0 Å². The standard InChI is InChI=1S/C38H49N3O4/c1-26(2)41-24-31(23-39-41)30-6-5-7-33(22-30)40(36(44)29-10-8-28(9-11-29)21-35(42)43)25-37-14-17-38(18-15-37,19-16-37)32-12-13-34(45-4)27(3)20-32/h5-7,12-13,20,22-24,26,28-29H,8-11,14-19,21,25H2,1-4H3,(H,42,43). The maximum atomic E-state index is 14.5. The van der Waals surface area contributed by atoms with E-state index < -0.39 is 5.97 Å². The summed E-state index contributed by atoms with van der Waals surface area (Å²) in [6, 6.07) is 15.4. The van der Waals surface area contributed by atoms with Crippen molar-refractivity contribution in [2.75, 3.05) is 18.6 Å². The molecule has 2 bridgehead atoms. The van der Waals surface area contributed by atoms with Crippen LogP contribution < -0.4 is 9.64 Å². The van der Waals surface area contributed by atoms with E-state index >= 15 is 0 Å². The maximum absolute atomic E-state index is 14.5. The summed E-state index contributed by atoms with van der Waals surface area (Å²) in [5, 5.41) is 13.9. The monoisotopic (exact) mass is 611 g/mol. The summed E-state index contributed by atoms with van der Waals surface area (Å²) in [6.07, 6.45) is 14.1. The highest BCUT2D eigenvalue weighted by Gasteiger charge is 2.50. The molecular formula is C38H49N3O4. The van der Waals surface area contributed by atoms with Gasteiger partial charge in [0.2, 0.25) is 5.91 Å². The van der Waals surface area contributed by atoms with Gasteiger partial charge >= 0.3 is 5.97 Å². The minimum absolute atomic E-state index is 0.0626. The van der Waals surface area contributed by atoms with Gasteiger partial charge in [0.1, 0.15) is 5.75 Å². The Bertz CT molecular complexity index is 1510. The molecule has 0 unspecified atom stereocenters. The predicted molar refractivity (Wildman–Crippen MR) is 178 cm³/mol. The lowest BCUT2D eigenvalue weighted by Gasteiger charge is -2.55. The molecule has 4 fully saturated rings. The topological polar surface area (TPSA) is 84.7 Å². The Kier molecular flexibility index (Phi) is 8.82. The summed E-state index contributed by atoms with van der Waals surface area (Å²) in [6.45, 7) is 7.12. The van der Waals surface area contributed by atoms with Crippen LogP contribution >= 0.6 is 0 Å². The quantitative estimate of drug-likeness (QED) is 0.249. The van der Waals surface area contributed by atoms with Crippen LogP contribution in [0.4, 0.5) is 5.69 Å². The van der Waals surface area contributed by atoms with E-state index in [2.05, 4.69) is 79.4 Å². The summed E-state index contributed by atoms with van der Waals surface area (Å²) in [5.74, 6) is 0.527. The lowest BCUT2D eigenvalue weighted by Crippen LogP contribution is -2.51. The third kappa shape index (κ3) is 6.41.